The molecule has 0 saturated carbocycles. The van der Waals surface area contributed by atoms with E-state index in [0.717, 1.165) is 18.7 Å². The maximum Gasteiger partial charge on any atom is 0.124 e. The molecule has 0 bridgehead atoms. The summed E-state index contributed by atoms with van der Waals surface area (Å²) >= 11 is 0. The molecule has 90 valence electrons. The van der Waals surface area contributed by atoms with Crippen molar-refractivity contribution in [2.75, 3.05) is 0 Å². The molecule has 4 heteroatoms. The molecule has 17 heavy (non-hydrogen) atoms. The fraction of sp³-hybridized carbons (Fsp3) is 0.308. The normalized spacial score (nSPS) is 12.6. The van der Waals surface area contributed by atoms with E-state index in [4.69, 9.17) is 5.84 Å². The monoisotopic (exact) mass is 230 g/mol. The number of nitrogens with one attached hydrogen (secondary N) is 2. The highest BCUT2D eigenvalue weighted by Crippen LogP contribution is 2.15. The Morgan fingerprint density at radius 3 is 2.53 bits per heavy atom. The zero-order valence-corrected chi connectivity index (χ0v) is 9.98. The summed E-state index contributed by atoms with van der Waals surface area (Å²) in [7, 11) is 0. The average molecular weight is 230 g/mol. The number of aromatic nitrogens is 2. The van der Waals surface area contributed by atoms with Crippen LogP contribution in [-0.4, -0.2) is 9.97 Å². The summed E-state index contributed by atoms with van der Waals surface area (Å²) in [4.78, 5) is 7.30. The van der Waals surface area contributed by atoms with Gasteiger partial charge in [0.1, 0.15) is 5.82 Å². The van der Waals surface area contributed by atoms with Gasteiger partial charge in [0.15, 0.2) is 0 Å². The molecule has 1 unspecified atom stereocenters. The van der Waals surface area contributed by atoms with Gasteiger partial charge in [0.25, 0.3) is 0 Å². The van der Waals surface area contributed by atoms with E-state index in [-0.39, 0.29) is 6.04 Å². The van der Waals surface area contributed by atoms with Crippen LogP contribution in [0.5, 0.6) is 0 Å². The lowest BCUT2D eigenvalue weighted by Gasteiger charge is -2.13. The summed E-state index contributed by atoms with van der Waals surface area (Å²) < 4.78 is 0. The first-order valence-corrected chi connectivity index (χ1v) is 5.86. The minimum absolute atomic E-state index is 0.0254. The number of hydrogen-bond donors (Lipinski definition) is 3. The molecule has 0 amide bonds. The van der Waals surface area contributed by atoms with Crippen LogP contribution in [0.25, 0.3) is 0 Å². The van der Waals surface area contributed by atoms with Crippen LogP contribution in [0.1, 0.15) is 29.9 Å². The van der Waals surface area contributed by atoms with Crippen LogP contribution in [0, 0.1) is 0 Å². The summed E-state index contributed by atoms with van der Waals surface area (Å²) in [5, 5.41) is 0. The summed E-state index contributed by atoms with van der Waals surface area (Å²) in [5.41, 5.74) is 5.39. The van der Waals surface area contributed by atoms with Gasteiger partial charge in [-0.1, -0.05) is 31.2 Å². The standard InChI is InChI=1S/C13H18N4/c1-2-10-3-5-11(6-4-10)9-12(17-14)13-15-7-8-16-13/h3-8,12,17H,2,9,14H2,1H3,(H,15,16). The highest BCUT2D eigenvalue weighted by molar-refractivity contribution is 5.23. The van der Waals surface area contributed by atoms with Crippen molar-refractivity contribution in [1.29, 1.82) is 0 Å². The van der Waals surface area contributed by atoms with Gasteiger partial charge in [0.05, 0.1) is 6.04 Å². The highest BCUT2D eigenvalue weighted by Gasteiger charge is 2.12. The van der Waals surface area contributed by atoms with E-state index < -0.39 is 0 Å². The number of aromatic amines is 1. The zero-order valence-electron chi connectivity index (χ0n) is 9.98. The van der Waals surface area contributed by atoms with Crippen molar-refractivity contribution in [3.8, 4) is 0 Å². The Morgan fingerprint density at radius 1 is 1.29 bits per heavy atom. The lowest BCUT2D eigenvalue weighted by Crippen LogP contribution is -2.30. The molecule has 0 aliphatic rings. The molecule has 0 radical (unpaired) electrons. The largest absolute Gasteiger partial charge is 0.347 e. The molecular formula is C13H18N4. The Kier molecular flexibility index (Phi) is 3.90. The van der Waals surface area contributed by atoms with Crippen LogP contribution in [-0.2, 0) is 12.8 Å². The van der Waals surface area contributed by atoms with Gasteiger partial charge in [-0.15, -0.1) is 0 Å². The van der Waals surface area contributed by atoms with Gasteiger partial charge in [-0.2, -0.15) is 0 Å². The summed E-state index contributed by atoms with van der Waals surface area (Å²) in [6.45, 7) is 2.15. The third kappa shape index (κ3) is 2.93. The zero-order chi connectivity index (χ0) is 12.1. The predicted molar refractivity (Wildman–Crippen MR) is 68.2 cm³/mol. The molecule has 4 nitrogen and oxygen atoms in total. The molecule has 0 aliphatic heterocycles. The number of nitrogens with zero attached hydrogens (tertiary/aromatic N) is 1. The summed E-state index contributed by atoms with van der Waals surface area (Å²) in [6.07, 6.45) is 5.44. The first-order chi connectivity index (χ1) is 8.33. The molecule has 1 aromatic heterocycles. The van der Waals surface area contributed by atoms with Gasteiger partial charge in [-0.05, 0) is 24.0 Å². The molecule has 0 fully saturated rings. The molecule has 0 aliphatic carbocycles. The number of rotatable bonds is 5. The van der Waals surface area contributed by atoms with Crippen molar-refractivity contribution in [3.63, 3.8) is 0 Å². The van der Waals surface area contributed by atoms with Crippen molar-refractivity contribution in [2.24, 2.45) is 5.84 Å². The van der Waals surface area contributed by atoms with Crippen LogP contribution >= 0.6 is 0 Å². The van der Waals surface area contributed by atoms with E-state index in [9.17, 15) is 0 Å². The Morgan fingerprint density at radius 2 is 2.00 bits per heavy atom. The molecule has 1 heterocycles. The fourth-order valence-corrected chi connectivity index (χ4v) is 1.85. The second-order valence-electron chi connectivity index (χ2n) is 4.07. The van der Waals surface area contributed by atoms with Crippen molar-refractivity contribution in [3.05, 3.63) is 53.6 Å². The molecule has 1 atom stereocenters. The maximum atomic E-state index is 5.56. The predicted octanol–water partition coefficient (Wildman–Crippen LogP) is 1.72. The van der Waals surface area contributed by atoms with Crippen LogP contribution in [0.4, 0.5) is 0 Å². The molecule has 1 aromatic carbocycles. The molecular weight excluding hydrogens is 212 g/mol. The van der Waals surface area contributed by atoms with E-state index in [2.05, 4.69) is 46.6 Å². The minimum Gasteiger partial charge on any atom is -0.347 e. The van der Waals surface area contributed by atoms with E-state index in [1.54, 1.807) is 12.4 Å². The summed E-state index contributed by atoms with van der Waals surface area (Å²) in [6, 6.07) is 8.63. The third-order valence-corrected chi connectivity index (χ3v) is 2.92. The summed E-state index contributed by atoms with van der Waals surface area (Å²) in [5.74, 6) is 6.43. The van der Waals surface area contributed by atoms with Gasteiger partial charge in [-0.25, -0.2) is 10.4 Å². The molecule has 2 aromatic rings. The quantitative estimate of drug-likeness (QED) is 0.541. The van der Waals surface area contributed by atoms with Crippen molar-refractivity contribution >= 4 is 0 Å². The van der Waals surface area contributed by atoms with Crippen molar-refractivity contribution < 1.29 is 0 Å². The second-order valence-corrected chi connectivity index (χ2v) is 4.07. The van der Waals surface area contributed by atoms with E-state index in [1.807, 2.05) is 0 Å². The van der Waals surface area contributed by atoms with Gasteiger partial charge in [-0.3, -0.25) is 5.84 Å². The lowest BCUT2D eigenvalue weighted by atomic mass is 10.0. The second kappa shape index (κ2) is 5.61. The topological polar surface area (TPSA) is 66.7 Å². The van der Waals surface area contributed by atoms with Crippen LogP contribution in [0.15, 0.2) is 36.7 Å². The molecule has 2 rings (SSSR count). The number of nitrogens with two attached hydrogens (primary N) is 1. The minimum atomic E-state index is 0.0254. The van der Waals surface area contributed by atoms with Gasteiger partial charge >= 0.3 is 0 Å². The number of hydrogen-bond acceptors (Lipinski definition) is 3. The van der Waals surface area contributed by atoms with Crippen LogP contribution in [0.2, 0.25) is 0 Å². The number of hydrazine groups is 1. The Balaban J connectivity index is 2.07. The van der Waals surface area contributed by atoms with Gasteiger partial charge in [0.2, 0.25) is 0 Å². The van der Waals surface area contributed by atoms with E-state index in [0.29, 0.717) is 0 Å². The number of H-pyrrole nitrogens is 1. The smallest absolute Gasteiger partial charge is 0.124 e. The molecule has 4 N–H and O–H groups in total. The first kappa shape index (κ1) is 11.8. The van der Waals surface area contributed by atoms with Crippen molar-refractivity contribution in [1.82, 2.24) is 15.4 Å². The third-order valence-electron chi connectivity index (χ3n) is 2.92. The average Bonchev–Trinajstić information content (AvgIpc) is 2.90. The van der Waals surface area contributed by atoms with Crippen LogP contribution in [0.3, 0.4) is 0 Å². The Bertz CT molecular complexity index is 433. The van der Waals surface area contributed by atoms with Gasteiger partial charge < -0.3 is 4.98 Å². The number of imidazole rings is 1. The number of benzene rings is 1. The first-order valence-electron chi connectivity index (χ1n) is 5.86. The highest BCUT2D eigenvalue weighted by atomic mass is 15.2. The Hall–Kier alpha value is -1.65. The SMILES string of the molecule is CCc1ccc(CC(NN)c2ncc[nH]2)cc1. The number of aryl methyl sites for hydroxylation is 1. The molecule has 0 saturated heterocycles. The van der Waals surface area contributed by atoms with E-state index >= 15 is 0 Å². The van der Waals surface area contributed by atoms with E-state index in [1.165, 1.54) is 11.1 Å². The van der Waals surface area contributed by atoms with Crippen molar-refractivity contribution in [2.45, 2.75) is 25.8 Å². The maximum absolute atomic E-state index is 5.56. The van der Waals surface area contributed by atoms with Gasteiger partial charge in [0, 0.05) is 12.4 Å². The lowest BCUT2D eigenvalue weighted by molar-refractivity contribution is 0.527. The molecule has 0 spiro atoms. The van der Waals surface area contributed by atoms with Crippen LogP contribution < -0.4 is 11.3 Å². The fourth-order valence-electron chi connectivity index (χ4n) is 1.85. The Labute approximate surface area is 101 Å².